The molecular weight excluding hydrogens is 399 g/mol. The summed E-state index contributed by atoms with van der Waals surface area (Å²) in [6, 6.07) is 7.52. The van der Waals surface area contributed by atoms with E-state index in [1.807, 2.05) is 0 Å². The van der Waals surface area contributed by atoms with Crippen molar-refractivity contribution in [2.45, 2.75) is 17.6 Å². The number of aromatic nitrogens is 3. The summed E-state index contributed by atoms with van der Waals surface area (Å²) in [4.78, 5) is 22.1. The summed E-state index contributed by atoms with van der Waals surface area (Å²) in [5.41, 5.74) is -1.20. The summed E-state index contributed by atoms with van der Waals surface area (Å²) in [6.45, 7) is 0.0830. The Kier molecular flexibility index (Phi) is 5.49. The van der Waals surface area contributed by atoms with Crippen LogP contribution in [-0.2, 0) is 17.5 Å². The van der Waals surface area contributed by atoms with Crippen LogP contribution >= 0.6 is 11.8 Å². The Bertz CT molecular complexity index is 1040. The van der Waals surface area contributed by atoms with Gasteiger partial charge in [-0.1, -0.05) is 6.07 Å². The molecule has 0 unspecified atom stereocenters. The largest absolute Gasteiger partial charge is 0.416 e. The first-order valence-corrected chi connectivity index (χ1v) is 8.78. The van der Waals surface area contributed by atoms with E-state index in [4.69, 9.17) is 0 Å². The summed E-state index contributed by atoms with van der Waals surface area (Å²) in [7, 11) is 0. The third-order valence-corrected chi connectivity index (χ3v) is 4.73. The molecule has 0 fully saturated rings. The smallest absolute Gasteiger partial charge is 0.348 e. The molecule has 12 heteroatoms. The molecule has 3 aromatic rings. The minimum atomic E-state index is -4.69. The van der Waals surface area contributed by atoms with Crippen LogP contribution < -0.4 is 5.32 Å². The first-order chi connectivity index (χ1) is 13.3. The number of hydrogen-bond donors (Lipinski definition) is 1. The first kappa shape index (κ1) is 19.6. The average molecular weight is 411 g/mol. The van der Waals surface area contributed by atoms with Gasteiger partial charge in [0, 0.05) is 12.3 Å². The number of nitro benzene ring substituents is 1. The number of benzene rings is 1. The number of thioether (sulfide) groups is 1. The number of halogens is 3. The summed E-state index contributed by atoms with van der Waals surface area (Å²) >= 11 is 0.780. The molecule has 2 heterocycles. The number of nitrogens with one attached hydrogen (secondary N) is 1. The molecule has 0 bridgehead atoms. The number of hydrogen-bond acceptors (Lipinski definition) is 6. The Morgan fingerprint density at radius 3 is 2.75 bits per heavy atom. The van der Waals surface area contributed by atoms with Crippen molar-refractivity contribution in [3.05, 3.63) is 64.1 Å². The van der Waals surface area contributed by atoms with Crippen molar-refractivity contribution in [2.75, 3.05) is 5.75 Å². The number of pyridine rings is 1. The molecule has 0 aliphatic heterocycles. The van der Waals surface area contributed by atoms with E-state index in [2.05, 4.69) is 15.5 Å². The second-order valence-electron chi connectivity index (χ2n) is 5.55. The highest BCUT2D eigenvalue weighted by Gasteiger charge is 2.33. The van der Waals surface area contributed by atoms with Crippen molar-refractivity contribution in [3.8, 4) is 0 Å². The summed E-state index contributed by atoms with van der Waals surface area (Å²) in [5.74, 6) is -0.163. The predicted molar refractivity (Wildman–Crippen MR) is 93.7 cm³/mol. The van der Waals surface area contributed by atoms with Crippen LogP contribution in [0.15, 0.2) is 47.5 Å². The zero-order valence-electron chi connectivity index (χ0n) is 14.0. The maximum Gasteiger partial charge on any atom is 0.416 e. The maximum absolute atomic E-state index is 12.7. The highest BCUT2D eigenvalue weighted by atomic mass is 32.2. The van der Waals surface area contributed by atoms with Gasteiger partial charge in [-0.05, 0) is 24.3 Å². The molecule has 0 saturated heterocycles. The number of carbonyl (C=O) groups excluding carboxylic acids is 1. The zero-order valence-corrected chi connectivity index (χ0v) is 14.8. The molecule has 0 spiro atoms. The average Bonchev–Trinajstić information content (AvgIpc) is 3.07. The van der Waals surface area contributed by atoms with Crippen molar-refractivity contribution >= 4 is 29.0 Å². The Morgan fingerprint density at radius 1 is 1.25 bits per heavy atom. The molecule has 0 saturated carbocycles. The fourth-order valence-corrected chi connectivity index (χ4v) is 3.18. The predicted octanol–water partition coefficient (Wildman–Crippen LogP) is 3.06. The lowest BCUT2D eigenvalue weighted by Crippen LogP contribution is -2.25. The lowest BCUT2D eigenvalue weighted by Gasteiger charge is -2.09. The molecule has 2 aromatic heterocycles. The van der Waals surface area contributed by atoms with Crippen LogP contribution in [-0.4, -0.2) is 31.2 Å². The fourth-order valence-electron chi connectivity index (χ4n) is 2.34. The Hall–Kier alpha value is -3.15. The van der Waals surface area contributed by atoms with Gasteiger partial charge in [0.1, 0.15) is 0 Å². The number of nitro groups is 1. The minimum absolute atomic E-state index is 0.0268. The van der Waals surface area contributed by atoms with E-state index in [1.165, 1.54) is 0 Å². The van der Waals surface area contributed by atoms with Gasteiger partial charge in [-0.3, -0.25) is 19.3 Å². The molecule has 0 aliphatic rings. The second kappa shape index (κ2) is 7.84. The third kappa shape index (κ3) is 4.39. The molecule has 146 valence electrons. The Labute approximate surface area is 159 Å². The zero-order chi connectivity index (χ0) is 20.3. The van der Waals surface area contributed by atoms with Gasteiger partial charge in [-0.15, -0.1) is 22.0 Å². The van der Waals surface area contributed by atoms with Gasteiger partial charge in [0.15, 0.2) is 11.5 Å². The van der Waals surface area contributed by atoms with Crippen LogP contribution in [0.2, 0.25) is 0 Å². The van der Waals surface area contributed by atoms with Crippen molar-refractivity contribution < 1.29 is 22.9 Å². The molecular formula is C16H12F3N5O3S. The molecule has 1 N–H and O–H groups in total. The van der Waals surface area contributed by atoms with E-state index in [0.717, 1.165) is 23.9 Å². The summed E-state index contributed by atoms with van der Waals surface area (Å²) in [5, 5.41) is 21.5. The highest BCUT2D eigenvalue weighted by molar-refractivity contribution is 8.00. The van der Waals surface area contributed by atoms with Crippen LogP contribution in [0.1, 0.15) is 11.4 Å². The minimum Gasteiger partial charge on any atom is -0.348 e. The van der Waals surface area contributed by atoms with E-state index in [-0.39, 0.29) is 17.2 Å². The van der Waals surface area contributed by atoms with Gasteiger partial charge in [-0.2, -0.15) is 13.2 Å². The van der Waals surface area contributed by atoms with E-state index in [1.54, 1.807) is 28.8 Å². The summed E-state index contributed by atoms with van der Waals surface area (Å²) in [6.07, 6.45) is -2.95. The number of rotatable bonds is 6. The number of amides is 1. The van der Waals surface area contributed by atoms with Crippen LogP contribution in [0.5, 0.6) is 0 Å². The van der Waals surface area contributed by atoms with Gasteiger partial charge in [0.05, 0.1) is 27.7 Å². The van der Waals surface area contributed by atoms with Crippen LogP contribution in [0.25, 0.3) is 5.65 Å². The number of nitrogens with zero attached hydrogens (tertiary/aromatic N) is 4. The SMILES string of the molecule is O=C(CSc1ccc(C(F)(F)F)cc1[N+](=O)[O-])NCc1nnc2ccccn12. The van der Waals surface area contributed by atoms with Gasteiger partial charge >= 0.3 is 6.18 Å². The topological polar surface area (TPSA) is 102 Å². The normalized spacial score (nSPS) is 11.5. The molecule has 8 nitrogen and oxygen atoms in total. The molecule has 28 heavy (non-hydrogen) atoms. The Morgan fingerprint density at radius 2 is 2.04 bits per heavy atom. The van der Waals surface area contributed by atoms with Crippen LogP contribution in [0.4, 0.5) is 18.9 Å². The van der Waals surface area contributed by atoms with Crippen molar-refractivity contribution in [2.24, 2.45) is 0 Å². The van der Waals surface area contributed by atoms with Crippen molar-refractivity contribution in [1.82, 2.24) is 19.9 Å². The van der Waals surface area contributed by atoms with Crippen molar-refractivity contribution in [1.29, 1.82) is 0 Å². The van der Waals surface area contributed by atoms with Gasteiger partial charge in [0.2, 0.25) is 5.91 Å². The number of carbonyl (C=O) groups is 1. The first-order valence-electron chi connectivity index (χ1n) is 7.79. The van der Waals surface area contributed by atoms with Crippen molar-refractivity contribution in [3.63, 3.8) is 0 Å². The lowest BCUT2D eigenvalue weighted by molar-refractivity contribution is -0.388. The van der Waals surface area contributed by atoms with Crippen LogP contribution in [0.3, 0.4) is 0 Å². The molecule has 0 atom stereocenters. The van der Waals surface area contributed by atoms with E-state index in [0.29, 0.717) is 17.5 Å². The second-order valence-corrected chi connectivity index (χ2v) is 6.57. The van der Waals surface area contributed by atoms with E-state index >= 15 is 0 Å². The lowest BCUT2D eigenvalue weighted by atomic mass is 10.2. The number of alkyl halides is 3. The quantitative estimate of drug-likeness (QED) is 0.380. The van der Waals surface area contributed by atoms with Gasteiger partial charge in [0.25, 0.3) is 5.69 Å². The standard InChI is InChI=1S/C16H12F3N5O3S/c17-16(18,19)10-4-5-12(11(7-10)24(26)27)28-9-15(25)20-8-14-22-21-13-3-1-2-6-23(13)14/h1-7H,8-9H2,(H,20,25). The Balaban J connectivity index is 1.63. The fraction of sp³-hybridized carbons (Fsp3) is 0.188. The molecule has 3 rings (SSSR count). The van der Waals surface area contributed by atoms with E-state index in [9.17, 15) is 28.1 Å². The molecule has 1 aromatic carbocycles. The van der Waals surface area contributed by atoms with Crippen LogP contribution in [0, 0.1) is 10.1 Å². The molecule has 0 aliphatic carbocycles. The summed E-state index contributed by atoms with van der Waals surface area (Å²) < 4.78 is 39.8. The van der Waals surface area contributed by atoms with E-state index < -0.39 is 28.3 Å². The highest BCUT2D eigenvalue weighted by Crippen LogP contribution is 2.36. The number of fused-ring (bicyclic) bond motifs is 1. The third-order valence-electron chi connectivity index (χ3n) is 3.67. The molecule has 0 radical (unpaired) electrons. The molecule has 1 amide bonds. The maximum atomic E-state index is 12.7. The van der Waals surface area contributed by atoms with Gasteiger partial charge < -0.3 is 5.32 Å². The monoisotopic (exact) mass is 411 g/mol. The van der Waals surface area contributed by atoms with Gasteiger partial charge in [-0.25, -0.2) is 0 Å².